The van der Waals surface area contributed by atoms with E-state index < -0.39 is 0 Å². The Labute approximate surface area is 119 Å². The Bertz CT molecular complexity index is 493. The lowest BCUT2D eigenvalue weighted by Crippen LogP contribution is -2.17. The normalized spacial score (nSPS) is 12.6. The summed E-state index contributed by atoms with van der Waals surface area (Å²) in [6.45, 7) is 7.14. The third-order valence-corrected chi connectivity index (χ3v) is 3.91. The molecule has 2 aromatic rings. The minimum absolute atomic E-state index is 0.216. The summed E-state index contributed by atoms with van der Waals surface area (Å²) in [6.07, 6.45) is 0.216. The van der Waals surface area contributed by atoms with Gasteiger partial charge in [0.05, 0.1) is 6.10 Å². The maximum absolute atomic E-state index is 5.71. The van der Waals surface area contributed by atoms with Crippen LogP contribution in [0, 0.1) is 0 Å². The highest BCUT2D eigenvalue weighted by Gasteiger charge is 2.06. The van der Waals surface area contributed by atoms with Crippen LogP contribution in [-0.4, -0.2) is 6.10 Å². The van der Waals surface area contributed by atoms with E-state index in [1.807, 2.05) is 26.0 Å². The van der Waals surface area contributed by atoms with E-state index in [1.54, 1.807) is 11.3 Å². The fourth-order valence-corrected chi connectivity index (χ4v) is 2.67. The van der Waals surface area contributed by atoms with Gasteiger partial charge in [-0.2, -0.15) is 0 Å². The number of ether oxygens (including phenoxy) is 1. The van der Waals surface area contributed by atoms with E-state index in [0.717, 1.165) is 12.3 Å². The van der Waals surface area contributed by atoms with Gasteiger partial charge in [0.2, 0.25) is 0 Å². The van der Waals surface area contributed by atoms with E-state index in [9.17, 15) is 0 Å². The molecular weight excluding hydrogens is 254 g/mol. The second kappa shape index (κ2) is 6.73. The monoisotopic (exact) mass is 275 g/mol. The molecule has 0 aliphatic heterocycles. The van der Waals surface area contributed by atoms with Crippen LogP contribution in [0.3, 0.4) is 0 Å². The van der Waals surface area contributed by atoms with Gasteiger partial charge in [-0.3, -0.25) is 0 Å². The van der Waals surface area contributed by atoms with E-state index in [4.69, 9.17) is 4.74 Å². The lowest BCUT2D eigenvalue weighted by atomic mass is 10.2. The molecule has 3 heteroatoms. The Morgan fingerprint density at radius 3 is 2.68 bits per heavy atom. The van der Waals surface area contributed by atoms with Gasteiger partial charge in [0.1, 0.15) is 5.75 Å². The maximum Gasteiger partial charge on any atom is 0.120 e. The molecule has 0 fully saturated rings. The number of benzene rings is 1. The topological polar surface area (TPSA) is 21.3 Å². The highest BCUT2D eigenvalue weighted by molar-refractivity contribution is 7.10. The Morgan fingerprint density at radius 1 is 1.16 bits per heavy atom. The molecule has 1 atom stereocenters. The van der Waals surface area contributed by atoms with Crippen LogP contribution in [0.1, 0.15) is 37.3 Å². The summed E-state index contributed by atoms with van der Waals surface area (Å²) in [7, 11) is 0. The Hall–Kier alpha value is -1.32. The SMILES string of the molecule is CC(C)Oc1cccc(CN[C@H](C)c2cccs2)c1. The van der Waals surface area contributed by atoms with Gasteiger partial charge in [0.25, 0.3) is 0 Å². The van der Waals surface area contributed by atoms with Gasteiger partial charge in [-0.15, -0.1) is 11.3 Å². The van der Waals surface area contributed by atoms with Crippen molar-refractivity contribution in [3.05, 3.63) is 52.2 Å². The van der Waals surface area contributed by atoms with Gasteiger partial charge in [-0.25, -0.2) is 0 Å². The quantitative estimate of drug-likeness (QED) is 0.844. The number of nitrogens with one attached hydrogen (secondary N) is 1. The average molecular weight is 275 g/mol. The van der Waals surface area contributed by atoms with Crippen molar-refractivity contribution in [1.82, 2.24) is 5.32 Å². The van der Waals surface area contributed by atoms with Crippen LogP contribution < -0.4 is 10.1 Å². The van der Waals surface area contributed by atoms with Crippen LogP contribution in [0.25, 0.3) is 0 Å². The second-order valence-electron chi connectivity index (χ2n) is 4.93. The van der Waals surface area contributed by atoms with Crippen molar-refractivity contribution in [2.45, 2.75) is 39.5 Å². The minimum atomic E-state index is 0.216. The molecule has 0 radical (unpaired) electrons. The summed E-state index contributed by atoms with van der Waals surface area (Å²) in [5.41, 5.74) is 1.25. The van der Waals surface area contributed by atoms with Crippen LogP contribution in [0.4, 0.5) is 0 Å². The molecule has 0 bridgehead atoms. The molecule has 0 spiro atoms. The summed E-state index contributed by atoms with van der Waals surface area (Å²) in [5, 5.41) is 5.65. The first-order chi connectivity index (χ1) is 9.15. The van der Waals surface area contributed by atoms with Crippen molar-refractivity contribution >= 4 is 11.3 Å². The predicted molar refractivity (Wildman–Crippen MR) is 81.8 cm³/mol. The molecule has 0 aliphatic carbocycles. The molecule has 1 aromatic heterocycles. The molecular formula is C16H21NOS. The van der Waals surface area contributed by atoms with Gasteiger partial charge in [0.15, 0.2) is 0 Å². The van der Waals surface area contributed by atoms with Crippen molar-refractivity contribution in [3.8, 4) is 5.75 Å². The second-order valence-corrected chi connectivity index (χ2v) is 5.91. The van der Waals surface area contributed by atoms with Gasteiger partial charge < -0.3 is 10.1 Å². The summed E-state index contributed by atoms with van der Waals surface area (Å²) < 4.78 is 5.71. The highest BCUT2D eigenvalue weighted by Crippen LogP contribution is 2.19. The Balaban J connectivity index is 1.92. The molecule has 2 rings (SSSR count). The van der Waals surface area contributed by atoms with E-state index in [2.05, 4.69) is 41.9 Å². The molecule has 102 valence electrons. The average Bonchev–Trinajstić information content (AvgIpc) is 2.89. The number of hydrogen-bond donors (Lipinski definition) is 1. The highest BCUT2D eigenvalue weighted by atomic mass is 32.1. The lowest BCUT2D eigenvalue weighted by molar-refractivity contribution is 0.242. The molecule has 19 heavy (non-hydrogen) atoms. The van der Waals surface area contributed by atoms with Crippen LogP contribution in [0.15, 0.2) is 41.8 Å². The Kier molecular flexibility index (Phi) is 5.00. The van der Waals surface area contributed by atoms with E-state index in [0.29, 0.717) is 6.04 Å². The van der Waals surface area contributed by atoms with E-state index in [1.165, 1.54) is 10.4 Å². The fourth-order valence-electron chi connectivity index (χ4n) is 1.91. The smallest absolute Gasteiger partial charge is 0.120 e. The van der Waals surface area contributed by atoms with Crippen molar-refractivity contribution in [2.75, 3.05) is 0 Å². The van der Waals surface area contributed by atoms with E-state index >= 15 is 0 Å². The van der Waals surface area contributed by atoms with Gasteiger partial charge >= 0.3 is 0 Å². The lowest BCUT2D eigenvalue weighted by Gasteiger charge is -2.14. The third kappa shape index (κ3) is 4.37. The minimum Gasteiger partial charge on any atom is -0.491 e. The summed E-state index contributed by atoms with van der Waals surface area (Å²) in [4.78, 5) is 1.37. The molecule has 0 unspecified atom stereocenters. The molecule has 0 saturated carbocycles. The zero-order chi connectivity index (χ0) is 13.7. The summed E-state index contributed by atoms with van der Waals surface area (Å²) in [5.74, 6) is 0.943. The first-order valence-electron chi connectivity index (χ1n) is 6.67. The van der Waals surface area contributed by atoms with Gasteiger partial charge in [0, 0.05) is 17.5 Å². The van der Waals surface area contributed by atoms with Crippen LogP contribution in [0.2, 0.25) is 0 Å². The first kappa shape index (κ1) is 14.1. The molecule has 0 saturated heterocycles. The zero-order valence-corrected chi connectivity index (χ0v) is 12.5. The number of hydrogen-bond acceptors (Lipinski definition) is 3. The Morgan fingerprint density at radius 2 is 2.00 bits per heavy atom. The standard InChI is InChI=1S/C16H21NOS/c1-12(2)18-15-7-4-6-14(10-15)11-17-13(3)16-8-5-9-19-16/h4-10,12-13,17H,11H2,1-3H3/t13-/m1/s1. The summed E-state index contributed by atoms with van der Waals surface area (Å²) >= 11 is 1.79. The van der Waals surface area contributed by atoms with Crippen molar-refractivity contribution < 1.29 is 4.74 Å². The van der Waals surface area contributed by atoms with Crippen LogP contribution in [0.5, 0.6) is 5.75 Å². The molecule has 1 heterocycles. The summed E-state index contributed by atoms with van der Waals surface area (Å²) in [6, 6.07) is 12.9. The largest absolute Gasteiger partial charge is 0.491 e. The molecule has 2 nitrogen and oxygen atoms in total. The fraction of sp³-hybridized carbons (Fsp3) is 0.375. The maximum atomic E-state index is 5.71. The number of rotatable bonds is 6. The van der Waals surface area contributed by atoms with Crippen LogP contribution in [-0.2, 0) is 6.54 Å². The van der Waals surface area contributed by atoms with Gasteiger partial charge in [-0.05, 0) is 49.9 Å². The molecule has 1 aromatic carbocycles. The zero-order valence-electron chi connectivity index (χ0n) is 11.7. The van der Waals surface area contributed by atoms with E-state index in [-0.39, 0.29) is 6.10 Å². The third-order valence-electron chi connectivity index (χ3n) is 2.85. The molecule has 0 aliphatic rings. The van der Waals surface area contributed by atoms with Crippen molar-refractivity contribution in [1.29, 1.82) is 0 Å². The number of thiophene rings is 1. The first-order valence-corrected chi connectivity index (χ1v) is 7.55. The molecule has 0 amide bonds. The van der Waals surface area contributed by atoms with Crippen molar-refractivity contribution in [3.63, 3.8) is 0 Å². The predicted octanol–water partition coefficient (Wildman–Crippen LogP) is 4.39. The van der Waals surface area contributed by atoms with Crippen LogP contribution >= 0.6 is 11.3 Å². The van der Waals surface area contributed by atoms with Gasteiger partial charge in [-0.1, -0.05) is 18.2 Å². The van der Waals surface area contributed by atoms with Crippen molar-refractivity contribution in [2.24, 2.45) is 0 Å². The molecule has 1 N–H and O–H groups in total.